The third-order valence-electron chi connectivity index (χ3n) is 4.09. The van der Waals surface area contributed by atoms with Crippen molar-refractivity contribution in [3.63, 3.8) is 0 Å². The second-order valence-electron chi connectivity index (χ2n) is 6.05. The SMILES string of the molecule is Cc1cnc2n(c1=O)C[C@H](C(=O)NCc1ccc(S(N)(=O)=O)cc1)CS2. The first kappa shape index (κ1) is 18.6. The van der Waals surface area contributed by atoms with E-state index in [1.807, 2.05) is 0 Å². The predicted octanol–water partition coefficient (Wildman–Crippen LogP) is 0.237. The summed E-state index contributed by atoms with van der Waals surface area (Å²) in [5, 5.41) is 8.51. The number of nitrogens with zero attached hydrogens (tertiary/aromatic N) is 2. The molecule has 0 unspecified atom stereocenters. The maximum absolute atomic E-state index is 12.4. The van der Waals surface area contributed by atoms with E-state index in [0.717, 1.165) is 5.56 Å². The van der Waals surface area contributed by atoms with Crippen LogP contribution in [0.2, 0.25) is 0 Å². The smallest absolute Gasteiger partial charge is 0.257 e. The van der Waals surface area contributed by atoms with Gasteiger partial charge in [-0.25, -0.2) is 18.5 Å². The van der Waals surface area contributed by atoms with Gasteiger partial charge in [0.15, 0.2) is 5.16 Å². The van der Waals surface area contributed by atoms with Crippen molar-refractivity contribution in [1.29, 1.82) is 0 Å². The van der Waals surface area contributed by atoms with Crippen LogP contribution in [-0.4, -0.2) is 29.6 Å². The summed E-state index contributed by atoms with van der Waals surface area (Å²) in [5.74, 6) is 0.0515. The van der Waals surface area contributed by atoms with Crippen LogP contribution in [0, 0.1) is 12.8 Å². The van der Waals surface area contributed by atoms with Gasteiger partial charge >= 0.3 is 0 Å². The number of carbonyl (C=O) groups excluding carboxylic acids is 1. The number of hydrogen-bond donors (Lipinski definition) is 2. The van der Waals surface area contributed by atoms with E-state index in [2.05, 4.69) is 10.3 Å². The summed E-state index contributed by atoms with van der Waals surface area (Å²) < 4.78 is 24.0. The molecule has 2 aromatic rings. The minimum Gasteiger partial charge on any atom is -0.352 e. The van der Waals surface area contributed by atoms with E-state index in [1.54, 1.807) is 25.3 Å². The third kappa shape index (κ3) is 3.97. The molecular formula is C16H18N4O4S2. The number of aryl methyl sites for hydroxylation is 1. The zero-order chi connectivity index (χ0) is 18.9. The van der Waals surface area contributed by atoms with E-state index in [0.29, 0.717) is 23.0 Å². The van der Waals surface area contributed by atoms with Gasteiger partial charge < -0.3 is 5.32 Å². The van der Waals surface area contributed by atoms with Crippen LogP contribution in [0.4, 0.5) is 0 Å². The average Bonchev–Trinajstić information content (AvgIpc) is 2.62. The van der Waals surface area contributed by atoms with Gasteiger partial charge in [0, 0.05) is 30.6 Å². The fourth-order valence-electron chi connectivity index (χ4n) is 2.59. The molecule has 1 aliphatic rings. The number of amides is 1. The molecule has 3 N–H and O–H groups in total. The Morgan fingerprint density at radius 3 is 2.73 bits per heavy atom. The van der Waals surface area contributed by atoms with Gasteiger partial charge in [0.05, 0.1) is 10.8 Å². The van der Waals surface area contributed by atoms with Crippen LogP contribution in [0.5, 0.6) is 0 Å². The van der Waals surface area contributed by atoms with Gasteiger partial charge in [-0.15, -0.1) is 0 Å². The Balaban J connectivity index is 1.64. The molecule has 1 aromatic carbocycles. The van der Waals surface area contributed by atoms with Crippen molar-refractivity contribution in [2.24, 2.45) is 11.1 Å². The highest BCUT2D eigenvalue weighted by molar-refractivity contribution is 7.99. The normalized spacial score (nSPS) is 16.8. The predicted molar refractivity (Wildman–Crippen MR) is 97.1 cm³/mol. The largest absolute Gasteiger partial charge is 0.352 e. The zero-order valence-corrected chi connectivity index (χ0v) is 15.6. The lowest BCUT2D eigenvalue weighted by Gasteiger charge is -2.24. The number of benzene rings is 1. The van der Waals surface area contributed by atoms with E-state index in [1.165, 1.54) is 28.5 Å². The first-order chi connectivity index (χ1) is 12.3. The molecule has 10 heteroatoms. The Bertz CT molecular complexity index is 1000. The van der Waals surface area contributed by atoms with Crippen molar-refractivity contribution < 1.29 is 13.2 Å². The average molecular weight is 394 g/mol. The molecule has 2 heterocycles. The first-order valence-corrected chi connectivity index (χ1v) is 10.4. The fraction of sp³-hybridized carbons (Fsp3) is 0.312. The molecule has 0 radical (unpaired) electrons. The number of nitrogens with one attached hydrogen (secondary N) is 1. The molecule has 1 atom stereocenters. The minimum absolute atomic E-state index is 0.0232. The Morgan fingerprint density at radius 1 is 1.38 bits per heavy atom. The summed E-state index contributed by atoms with van der Waals surface area (Å²) >= 11 is 1.38. The van der Waals surface area contributed by atoms with Gasteiger partial charge in [-0.2, -0.15) is 0 Å². The molecule has 1 aliphatic heterocycles. The van der Waals surface area contributed by atoms with Crippen molar-refractivity contribution >= 4 is 27.7 Å². The number of sulfonamides is 1. The first-order valence-electron chi connectivity index (χ1n) is 7.84. The van der Waals surface area contributed by atoms with Crippen LogP contribution < -0.4 is 16.0 Å². The molecular weight excluding hydrogens is 376 g/mol. The Morgan fingerprint density at radius 2 is 2.08 bits per heavy atom. The molecule has 0 fully saturated rings. The number of carbonyl (C=O) groups is 1. The quantitative estimate of drug-likeness (QED) is 0.716. The minimum atomic E-state index is -3.73. The second-order valence-corrected chi connectivity index (χ2v) is 8.60. The number of aromatic nitrogens is 2. The van der Waals surface area contributed by atoms with Gasteiger partial charge in [-0.1, -0.05) is 23.9 Å². The van der Waals surface area contributed by atoms with E-state index >= 15 is 0 Å². The van der Waals surface area contributed by atoms with Crippen molar-refractivity contribution in [1.82, 2.24) is 14.9 Å². The number of nitrogens with two attached hydrogens (primary N) is 1. The van der Waals surface area contributed by atoms with Gasteiger partial charge in [0.2, 0.25) is 15.9 Å². The molecule has 0 saturated carbocycles. The second kappa shape index (κ2) is 7.22. The number of primary sulfonamides is 1. The Kier molecular flexibility index (Phi) is 5.17. The number of thioether (sulfide) groups is 1. The summed E-state index contributed by atoms with van der Waals surface area (Å²) in [6, 6.07) is 6.00. The van der Waals surface area contributed by atoms with Gasteiger partial charge in [-0.05, 0) is 24.6 Å². The van der Waals surface area contributed by atoms with Gasteiger partial charge in [0.25, 0.3) is 5.56 Å². The molecule has 1 aromatic heterocycles. The maximum atomic E-state index is 12.4. The molecule has 0 bridgehead atoms. The monoisotopic (exact) mass is 394 g/mol. The van der Waals surface area contributed by atoms with Crippen molar-refractivity contribution in [3.8, 4) is 0 Å². The molecule has 0 saturated heterocycles. The van der Waals surface area contributed by atoms with Crippen molar-refractivity contribution in [2.45, 2.75) is 30.1 Å². The van der Waals surface area contributed by atoms with Crippen LogP contribution in [0.15, 0.2) is 45.3 Å². The molecule has 8 nitrogen and oxygen atoms in total. The van der Waals surface area contributed by atoms with E-state index < -0.39 is 10.0 Å². The highest BCUT2D eigenvalue weighted by atomic mass is 32.2. The highest BCUT2D eigenvalue weighted by Gasteiger charge is 2.26. The summed E-state index contributed by atoms with van der Waals surface area (Å²) in [6.45, 7) is 2.26. The molecule has 26 heavy (non-hydrogen) atoms. The molecule has 1 amide bonds. The van der Waals surface area contributed by atoms with E-state index in [-0.39, 0.29) is 28.8 Å². The lowest BCUT2D eigenvalue weighted by atomic mass is 10.1. The lowest BCUT2D eigenvalue weighted by molar-refractivity contribution is -0.125. The van der Waals surface area contributed by atoms with Gasteiger partial charge in [0.1, 0.15) is 0 Å². The topological polar surface area (TPSA) is 124 Å². The molecule has 0 spiro atoms. The number of rotatable bonds is 4. The maximum Gasteiger partial charge on any atom is 0.257 e. The van der Waals surface area contributed by atoms with E-state index in [9.17, 15) is 18.0 Å². The van der Waals surface area contributed by atoms with Crippen LogP contribution >= 0.6 is 11.8 Å². The van der Waals surface area contributed by atoms with Crippen LogP contribution in [-0.2, 0) is 27.9 Å². The van der Waals surface area contributed by atoms with Crippen molar-refractivity contribution in [2.75, 3.05) is 5.75 Å². The summed E-state index contributed by atoms with van der Waals surface area (Å²) in [5.41, 5.74) is 1.17. The number of hydrogen-bond acceptors (Lipinski definition) is 6. The molecule has 0 aliphatic carbocycles. The highest BCUT2D eigenvalue weighted by Crippen LogP contribution is 2.25. The van der Waals surface area contributed by atoms with Crippen LogP contribution in [0.25, 0.3) is 0 Å². The summed E-state index contributed by atoms with van der Waals surface area (Å²) in [6.07, 6.45) is 1.55. The van der Waals surface area contributed by atoms with Crippen LogP contribution in [0.3, 0.4) is 0 Å². The lowest BCUT2D eigenvalue weighted by Crippen LogP contribution is -2.40. The third-order valence-corrected chi connectivity index (χ3v) is 6.17. The zero-order valence-electron chi connectivity index (χ0n) is 14.0. The summed E-state index contributed by atoms with van der Waals surface area (Å²) in [4.78, 5) is 28.9. The van der Waals surface area contributed by atoms with Gasteiger partial charge in [-0.3, -0.25) is 14.2 Å². The fourth-order valence-corrected chi connectivity index (χ4v) is 4.15. The standard InChI is InChI=1S/C16H18N4O4S2/c1-10-6-19-16-20(15(10)22)8-12(9-25-16)14(21)18-7-11-2-4-13(5-3-11)26(17,23)24/h2-6,12H,7-9H2,1H3,(H,18,21)(H2,17,23,24)/t12-/m0/s1. The van der Waals surface area contributed by atoms with Crippen molar-refractivity contribution in [3.05, 3.63) is 51.9 Å². The number of fused-ring (bicyclic) bond motifs is 1. The summed E-state index contributed by atoms with van der Waals surface area (Å²) in [7, 11) is -3.73. The van der Waals surface area contributed by atoms with Crippen LogP contribution in [0.1, 0.15) is 11.1 Å². The Hall–Kier alpha value is -2.17. The molecule has 3 rings (SSSR count). The Labute approximate surface area is 154 Å². The molecule has 138 valence electrons. The van der Waals surface area contributed by atoms with E-state index in [4.69, 9.17) is 5.14 Å².